The van der Waals surface area contributed by atoms with Crippen LogP contribution in [0.15, 0.2) is 41.0 Å². The Labute approximate surface area is 130 Å². The van der Waals surface area contributed by atoms with Gasteiger partial charge in [-0.1, -0.05) is 51.8 Å². The fourth-order valence-corrected chi connectivity index (χ4v) is 2.59. The number of hydrogen-bond acceptors (Lipinski definition) is 2. The largest absolute Gasteiger partial charge is 0.438 e. The summed E-state index contributed by atoms with van der Waals surface area (Å²) in [7, 11) is 0. The summed E-state index contributed by atoms with van der Waals surface area (Å²) in [5.41, 5.74) is 2.21. The maximum Gasteiger partial charge on any atom is 0.223 e. The predicted octanol–water partition coefficient (Wildman–Crippen LogP) is 5.65. The van der Waals surface area contributed by atoms with E-state index in [9.17, 15) is 0 Å². The van der Waals surface area contributed by atoms with Crippen molar-refractivity contribution in [3.8, 4) is 11.6 Å². The summed E-state index contributed by atoms with van der Waals surface area (Å²) in [5, 5.41) is 0.726. The number of pyridine rings is 1. The van der Waals surface area contributed by atoms with E-state index < -0.39 is 0 Å². The van der Waals surface area contributed by atoms with Crippen molar-refractivity contribution in [2.45, 2.75) is 25.1 Å². The first-order valence-electron chi connectivity index (χ1n) is 6.09. The summed E-state index contributed by atoms with van der Waals surface area (Å²) >= 11 is 6.95. The van der Waals surface area contributed by atoms with E-state index in [1.165, 1.54) is 5.56 Å². The lowest BCUT2D eigenvalue weighted by Gasteiger charge is -2.15. The molecule has 0 fully saturated rings. The molecule has 0 aliphatic rings. The van der Waals surface area contributed by atoms with E-state index in [0.717, 1.165) is 21.1 Å². The van der Waals surface area contributed by atoms with Gasteiger partial charge < -0.3 is 4.74 Å². The van der Waals surface area contributed by atoms with Crippen molar-refractivity contribution in [3.63, 3.8) is 0 Å². The van der Waals surface area contributed by atoms with Gasteiger partial charge in [0.2, 0.25) is 5.88 Å². The molecule has 4 heteroatoms. The van der Waals surface area contributed by atoms with Crippen molar-refractivity contribution in [1.29, 1.82) is 0 Å². The molecule has 0 atom stereocenters. The Morgan fingerprint density at radius 3 is 2.74 bits per heavy atom. The van der Waals surface area contributed by atoms with Crippen LogP contribution in [0, 0.1) is 0 Å². The first-order valence-corrected chi connectivity index (χ1v) is 8.00. The van der Waals surface area contributed by atoms with Crippen LogP contribution in [0.2, 0.25) is 0 Å². The van der Waals surface area contributed by atoms with Crippen LogP contribution in [0.3, 0.4) is 0 Å². The zero-order chi connectivity index (χ0) is 13.8. The second kappa shape index (κ2) is 6.53. The molecule has 19 heavy (non-hydrogen) atoms. The van der Waals surface area contributed by atoms with Crippen LogP contribution >= 0.6 is 31.9 Å². The summed E-state index contributed by atoms with van der Waals surface area (Å²) < 4.78 is 7.05. The van der Waals surface area contributed by atoms with E-state index in [2.05, 4.69) is 56.8 Å². The molecule has 0 aliphatic carbocycles. The maximum atomic E-state index is 5.99. The third-order valence-corrected chi connectivity index (χ3v) is 3.89. The van der Waals surface area contributed by atoms with Crippen LogP contribution in [0.5, 0.6) is 11.6 Å². The van der Waals surface area contributed by atoms with Gasteiger partial charge in [-0.15, -0.1) is 0 Å². The SMILES string of the molecule is CC(C)c1cc(Br)ccc1Oc1ncccc1CBr. The lowest BCUT2D eigenvalue weighted by atomic mass is 10.0. The summed E-state index contributed by atoms with van der Waals surface area (Å²) in [4.78, 5) is 4.30. The Morgan fingerprint density at radius 1 is 1.26 bits per heavy atom. The van der Waals surface area contributed by atoms with Gasteiger partial charge in [0.1, 0.15) is 5.75 Å². The van der Waals surface area contributed by atoms with Crippen LogP contribution in [0.25, 0.3) is 0 Å². The van der Waals surface area contributed by atoms with E-state index in [-0.39, 0.29) is 0 Å². The maximum absolute atomic E-state index is 5.99. The minimum absolute atomic E-state index is 0.392. The van der Waals surface area contributed by atoms with Crippen molar-refractivity contribution >= 4 is 31.9 Å². The highest BCUT2D eigenvalue weighted by molar-refractivity contribution is 9.10. The summed E-state index contributed by atoms with van der Waals surface area (Å²) in [6, 6.07) is 9.97. The third-order valence-electron chi connectivity index (χ3n) is 2.79. The fourth-order valence-electron chi connectivity index (χ4n) is 1.79. The molecule has 2 nitrogen and oxygen atoms in total. The average molecular weight is 385 g/mol. The van der Waals surface area contributed by atoms with E-state index in [1.54, 1.807) is 6.20 Å². The minimum Gasteiger partial charge on any atom is -0.438 e. The Morgan fingerprint density at radius 2 is 2.05 bits per heavy atom. The molecular formula is C15H15Br2NO. The zero-order valence-electron chi connectivity index (χ0n) is 10.9. The van der Waals surface area contributed by atoms with Crippen molar-refractivity contribution < 1.29 is 4.74 Å². The molecule has 0 saturated carbocycles. The molecule has 0 amide bonds. The Hall–Kier alpha value is -0.870. The van der Waals surface area contributed by atoms with Crippen molar-refractivity contribution in [3.05, 3.63) is 52.1 Å². The lowest BCUT2D eigenvalue weighted by Crippen LogP contribution is -1.97. The molecule has 100 valence electrons. The normalized spacial score (nSPS) is 10.8. The lowest BCUT2D eigenvalue weighted by molar-refractivity contribution is 0.450. The monoisotopic (exact) mass is 383 g/mol. The van der Waals surface area contributed by atoms with E-state index in [0.29, 0.717) is 11.8 Å². The van der Waals surface area contributed by atoms with Gasteiger partial charge in [0, 0.05) is 21.6 Å². The number of ether oxygens (including phenoxy) is 1. The van der Waals surface area contributed by atoms with Gasteiger partial charge in [-0.25, -0.2) is 4.98 Å². The molecule has 1 heterocycles. The molecule has 1 aromatic carbocycles. The summed E-state index contributed by atoms with van der Waals surface area (Å²) in [6.07, 6.45) is 1.75. The van der Waals surface area contributed by atoms with Crippen LogP contribution in [-0.4, -0.2) is 4.98 Å². The Bertz CT molecular complexity index is 570. The quantitative estimate of drug-likeness (QED) is 0.635. The topological polar surface area (TPSA) is 22.1 Å². The van der Waals surface area contributed by atoms with Gasteiger partial charge in [0.25, 0.3) is 0 Å². The first-order chi connectivity index (χ1) is 9.11. The number of benzene rings is 1. The van der Waals surface area contributed by atoms with Crippen LogP contribution in [0.1, 0.15) is 30.9 Å². The van der Waals surface area contributed by atoms with Gasteiger partial charge >= 0.3 is 0 Å². The fraction of sp³-hybridized carbons (Fsp3) is 0.267. The number of rotatable bonds is 4. The van der Waals surface area contributed by atoms with Crippen LogP contribution in [-0.2, 0) is 5.33 Å². The van der Waals surface area contributed by atoms with Gasteiger partial charge in [-0.05, 0) is 35.7 Å². The number of alkyl halides is 1. The van der Waals surface area contributed by atoms with Crippen LogP contribution < -0.4 is 4.74 Å². The Kier molecular flexibility index (Phi) is 4.99. The highest BCUT2D eigenvalue weighted by Gasteiger charge is 2.12. The molecule has 1 aromatic heterocycles. The third kappa shape index (κ3) is 3.57. The average Bonchev–Trinajstić information content (AvgIpc) is 2.41. The number of nitrogens with zero attached hydrogens (tertiary/aromatic N) is 1. The highest BCUT2D eigenvalue weighted by Crippen LogP contribution is 2.33. The standard InChI is InChI=1S/C15H15Br2NO/c1-10(2)13-8-12(17)5-6-14(13)19-15-11(9-16)4-3-7-18-15/h3-8,10H,9H2,1-2H3. The number of halogens is 2. The van der Waals surface area contributed by atoms with Gasteiger partial charge in [0.05, 0.1) is 0 Å². The molecule has 0 radical (unpaired) electrons. The van der Waals surface area contributed by atoms with Crippen molar-refractivity contribution in [2.75, 3.05) is 0 Å². The molecule has 0 bridgehead atoms. The van der Waals surface area contributed by atoms with Crippen molar-refractivity contribution in [1.82, 2.24) is 4.98 Å². The number of hydrogen-bond donors (Lipinski definition) is 0. The van der Waals surface area contributed by atoms with Crippen LogP contribution in [0.4, 0.5) is 0 Å². The molecule has 0 N–H and O–H groups in total. The molecule has 0 aliphatic heterocycles. The predicted molar refractivity (Wildman–Crippen MR) is 85.2 cm³/mol. The second-order valence-corrected chi connectivity index (χ2v) is 6.02. The molecule has 2 rings (SSSR count). The molecule has 0 spiro atoms. The molecule has 0 saturated heterocycles. The summed E-state index contributed by atoms with van der Waals surface area (Å²) in [6.45, 7) is 4.30. The molecular weight excluding hydrogens is 370 g/mol. The van der Waals surface area contributed by atoms with Crippen molar-refractivity contribution in [2.24, 2.45) is 0 Å². The van der Waals surface area contributed by atoms with E-state index >= 15 is 0 Å². The second-order valence-electron chi connectivity index (χ2n) is 4.54. The van der Waals surface area contributed by atoms with E-state index in [4.69, 9.17) is 4.74 Å². The minimum atomic E-state index is 0.392. The number of aromatic nitrogens is 1. The van der Waals surface area contributed by atoms with Gasteiger partial charge in [-0.3, -0.25) is 0 Å². The molecule has 2 aromatic rings. The zero-order valence-corrected chi connectivity index (χ0v) is 14.0. The smallest absolute Gasteiger partial charge is 0.223 e. The molecule has 0 unspecified atom stereocenters. The highest BCUT2D eigenvalue weighted by atomic mass is 79.9. The Balaban J connectivity index is 2.38. The van der Waals surface area contributed by atoms with E-state index in [1.807, 2.05) is 24.3 Å². The van der Waals surface area contributed by atoms with Gasteiger partial charge in [-0.2, -0.15) is 0 Å². The summed E-state index contributed by atoms with van der Waals surface area (Å²) in [5.74, 6) is 1.91. The van der Waals surface area contributed by atoms with Gasteiger partial charge in [0.15, 0.2) is 0 Å². The first kappa shape index (κ1) is 14.5.